The summed E-state index contributed by atoms with van der Waals surface area (Å²) >= 11 is 0. The lowest BCUT2D eigenvalue weighted by molar-refractivity contribution is -0.139. The van der Waals surface area contributed by atoms with Gasteiger partial charge in [-0.1, -0.05) is 25.7 Å². The molecule has 1 aliphatic carbocycles. The number of aliphatic carboxylic acids is 2. The molecule has 2 rings (SSSR count). The van der Waals surface area contributed by atoms with Crippen molar-refractivity contribution in [3.63, 3.8) is 0 Å². The minimum atomic E-state index is -0.968. The van der Waals surface area contributed by atoms with Gasteiger partial charge in [0.15, 0.2) is 0 Å². The molecule has 0 spiro atoms. The van der Waals surface area contributed by atoms with Gasteiger partial charge in [-0.25, -0.2) is 0 Å². The zero-order valence-electron chi connectivity index (χ0n) is 19.9. The molecule has 0 saturated heterocycles. The van der Waals surface area contributed by atoms with Crippen molar-refractivity contribution in [1.29, 1.82) is 0 Å². The number of hydrogen-bond donors (Lipinski definition) is 7. The molecule has 1 atom stereocenters. The molecule has 0 bridgehead atoms. The van der Waals surface area contributed by atoms with E-state index in [0.717, 1.165) is 19.1 Å². The molecule has 0 aliphatic heterocycles. The molecule has 0 radical (unpaired) electrons. The number of carbonyl (C=O) groups excluding carboxylic acids is 2. The molecule has 1 aromatic carbocycles. The van der Waals surface area contributed by atoms with Crippen molar-refractivity contribution < 1.29 is 29.4 Å². The first-order valence-electron chi connectivity index (χ1n) is 11.3. The topological polar surface area (TPSA) is 225 Å². The first-order chi connectivity index (χ1) is 16.1. The lowest BCUT2D eigenvalue weighted by Gasteiger charge is -2.15. The van der Waals surface area contributed by atoms with Gasteiger partial charge in [0, 0.05) is 24.2 Å². The summed E-state index contributed by atoms with van der Waals surface area (Å²) in [6.45, 7) is 1.76. The highest BCUT2D eigenvalue weighted by atomic mass is 16.4. The summed E-state index contributed by atoms with van der Waals surface area (Å²) in [6.07, 6.45) is 9.59. The summed E-state index contributed by atoms with van der Waals surface area (Å²) < 4.78 is 0. The monoisotopic (exact) mass is 483 g/mol. The van der Waals surface area contributed by atoms with Crippen LogP contribution in [0.15, 0.2) is 24.3 Å². The molecule has 11 nitrogen and oxygen atoms in total. The zero-order chi connectivity index (χ0) is 26.4. The quantitative estimate of drug-likeness (QED) is 0.207. The van der Waals surface area contributed by atoms with Crippen LogP contribution in [0.25, 0.3) is 0 Å². The second-order valence-corrected chi connectivity index (χ2v) is 7.65. The van der Waals surface area contributed by atoms with E-state index in [1.807, 2.05) is 0 Å². The van der Waals surface area contributed by atoms with Crippen LogP contribution in [0.4, 0.5) is 5.69 Å². The highest BCUT2D eigenvalue weighted by Crippen LogP contribution is 2.14. The van der Waals surface area contributed by atoms with Crippen LogP contribution < -0.4 is 28.3 Å². The van der Waals surface area contributed by atoms with Crippen LogP contribution in [0.2, 0.25) is 0 Å². The molecule has 0 aromatic heterocycles. The van der Waals surface area contributed by atoms with Gasteiger partial charge in [-0.3, -0.25) is 19.2 Å². The highest BCUT2D eigenvalue weighted by Gasteiger charge is 2.09. The molecule has 11 heteroatoms. The maximum Gasteiger partial charge on any atom is 0.320 e. The third-order valence-electron chi connectivity index (χ3n) is 4.48. The van der Waals surface area contributed by atoms with Gasteiger partial charge >= 0.3 is 11.9 Å². The number of carbonyl (C=O) groups is 4. The number of nitrogens with two attached hydrogens (primary N) is 4. The van der Waals surface area contributed by atoms with E-state index >= 15 is 0 Å². The predicted molar refractivity (Wildman–Crippen MR) is 132 cm³/mol. The lowest BCUT2D eigenvalue weighted by atomic mass is 9.97. The molecule has 194 valence electrons. The Morgan fingerprint density at radius 1 is 1.06 bits per heavy atom. The minimum absolute atomic E-state index is 0.117. The number of carboxylic acid groups (broad SMARTS) is 2. The smallest absolute Gasteiger partial charge is 0.320 e. The molecule has 1 aromatic rings. The van der Waals surface area contributed by atoms with Gasteiger partial charge in [0.25, 0.3) is 0 Å². The van der Waals surface area contributed by atoms with Crippen LogP contribution in [-0.4, -0.2) is 59.5 Å². The van der Waals surface area contributed by atoms with Crippen molar-refractivity contribution >= 4 is 29.8 Å². The predicted octanol–water partition coefficient (Wildman–Crippen LogP) is 1.29. The van der Waals surface area contributed by atoms with E-state index in [9.17, 15) is 19.2 Å². The van der Waals surface area contributed by atoms with Crippen LogP contribution >= 0.6 is 0 Å². The van der Waals surface area contributed by atoms with Crippen molar-refractivity contribution in [2.45, 2.75) is 70.4 Å². The Morgan fingerprint density at radius 3 is 1.91 bits per heavy atom. The van der Waals surface area contributed by atoms with Crippen molar-refractivity contribution in [2.75, 3.05) is 18.4 Å². The third-order valence-corrected chi connectivity index (χ3v) is 4.48. The Morgan fingerprint density at radius 2 is 1.59 bits per heavy atom. The molecular weight excluding hydrogens is 442 g/mol. The van der Waals surface area contributed by atoms with Gasteiger partial charge in [-0.2, -0.15) is 0 Å². The van der Waals surface area contributed by atoms with E-state index in [-0.39, 0.29) is 12.5 Å². The Bertz CT molecular complexity index is 694. The maximum atomic E-state index is 10.6. The normalized spacial score (nSPS) is 13.3. The first kappa shape index (κ1) is 33.3. The number of benzene rings is 1. The highest BCUT2D eigenvalue weighted by molar-refractivity contribution is 5.89. The van der Waals surface area contributed by atoms with Crippen LogP contribution in [0, 0.1) is 0 Å². The number of unbranched alkanes of at least 4 members (excludes halogenated alkanes) is 1. The third kappa shape index (κ3) is 22.3. The van der Waals surface area contributed by atoms with E-state index < -0.39 is 18.0 Å². The number of carboxylic acids is 2. The molecule has 0 heterocycles. The molecule has 34 heavy (non-hydrogen) atoms. The summed E-state index contributed by atoms with van der Waals surface area (Å²) in [6, 6.07) is 6.49. The van der Waals surface area contributed by atoms with E-state index in [0.29, 0.717) is 30.3 Å². The molecule has 11 N–H and O–H groups in total. The summed E-state index contributed by atoms with van der Waals surface area (Å²) in [5, 5.41) is 18.5. The van der Waals surface area contributed by atoms with E-state index in [1.165, 1.54) is 39.0 Å². The van der Waals surface area contributed by atoms with E-state index in [2.05, 4.69) is 11.1 Å². The van der Waals surface area contributed by atoms with Gasteiger partial charge in [0.2, 0.25) is 5.91 Å². The standard InChI is InChI=1S/C9H9NO2.C6H14N2O2.C6H13N.C2H5NO2/c1-7(12)10-9-4-2-8(6-11)3-5-9;7-4-2-1-3-5(8)6(9)10;7-6-4-2-1-3-5-6;3-1-2(4)5/h2-6H,1H3,(H,10,12);5H,1-4,7-8H2,(H,9,10);6H,1-5,7H2;1,3H2,(H,4,5)/t;5-;;/m.1../s1. The fourth-order valence-corrected chi connectivity index (χ4v) is 2.61. The molecular formula is C23H41N5O6. The largest absolute Gasteiger partial charge is 0.480 e. The Labute approximate surface area is 201 Å². The minimum Gasteiger partial charge on any atom is -0.480 e. The number of hydrogen-bond acceptors (Lipinski definition) is 8. The zero-order valence-corrected chi connectivity index (χ0v) is 19.9. The summed E-state index contributed by atoms with van der Waals surface area (Å²) in [4.78, 5) is 40.2. The fraction of sp³-hybridized carbons (Fsp3) is 0.565. The van der Waals surface area contributed by atoms with Crippen LogP contribution in [-0.2, 0) is 14.4 Å². The number of anilines is 1. The van der Waals surface area contributed by atoms with Gasteiger partial charge in [-0.15, -0.1) is 0 Å². The van der Waals surface area contributed by atoms with Crippen molar-refractivity contribution in [1.82, 2.24) is 0 Å². The van der Waals surface area contributed by atoms with Crippen LogP contribution in [0.1, 0.15) is 68.6 Å². The van der Waals surface area contributed by atoms with Gasteiger partial charge in [0.05, 0.1) is 6.54 Å². The molecule has 1 fully saturated rings. The van der Waals surface area contributed by atoms with Crippen molar-refractivity contribution in [3.8, 4) is 0 Å². The average molecular weight is 484 g/mol. The van der Waals surface area contributed by atoms with Crippen molar-refractivity contribution in [3.05, 3.63) is 29.8 Å². The molecule has 1 amide bonds. The Kier molecular flexibility index (Phi) is 21.5. The first-order valence-corrected chi connectivity index (χ1v) is 11.3. The number of rotatable bonds is 8. The Hall–Kier alpha value is -2.86. The lowest BCUT2D eigenvalue weighted by Crippen LogP contribution is -2.29. The summed E-state index contributed by atoms with van der Waals surface area (Å²) in [5.41, 5.74) is 21.9. The number of amides is 1. The van der Waals surface area contributed by atoms with Gasteiger partial charge in [0.1, 0.15) is 12.3 Å². The van der Waals surface area contributed by atoms with Gasteiger partial charge < -0.3 is 38.5 Å². The number of aldehydes is 1. The summed E-state index contributed by atoms with van der Waals surface area (Å²) in [7, 11) is 0. The second-order valence-electron chi connectivity index (χ2n) is 7.65. The molecule has 1 saturated carbocycles. The SMILES string of the molecule is CC(=O)Nc1ccc(C=O)cc1.NC1CCCCC1.NCC(=O)O.NCCCC[C@@H](N)C(=O)O. The fourth-order valence-electron chi connectivity index (χ4n) is 2.61. The molecule has 0 unspecified atom stereocenters. The van der Waals surface area contributed by atoms with Crippen molar-refractivity contribution in [2.24, 2.45) is 22.9 Å². The Balaban J connectivity index is 0. The van der Waals surface area contributed by atoms with E-state index in [1.54, 1.807) is 24.3 Å². The summed E-state index contributed by atoms with van der Waals surface area (Å²) in [5.74, 6) is -2.02. The van der Waals surface area contributed by atoms with Crippen LogP contribution in [0.3, 0.4) is 0 Å². The number of nitrogens with one attached hydrogen (secondary N) is 1. The maximum absolute atomic E-state index is 10.6. The molecule has 1 aliphatic rings. The van der Waals surface area contributed by atoms with Gasteiger partial charge in [-0.05, 0) is 56.5 Å². The second kappa shape index (κ2) is 22.0. The van der Waals surface area contributed by atoms with Crippen LogP contribution in [0.5, 0.6) is 0 Å². The average Bonchev–Trinajstić information content (AvgIpc) is 2.81. The van der Waals surface area contributed by atoms with E-state index in [4.69, 9.17) is 27.4 Å².